The minimum Gasteiger partial charge on any atom is -0.350 e. The number of amides is 1. The fourth-order valence-corrected chi connectivity index (χ4v) is 4.24. The maximum Gasteiger partial charge on any atom is 0.255 e. The molecule has 1 unspecified atom stereocenters. The van der Waals surface area contributed by atoms with Gasteiger partial charge in [-0.1, -0.05) is 23.2 Å². The third kappa shape index (κ3) is 3.72. The van der Waals surface area contributed by atoms with E-state index < -0.39 is 11.0 Å². The number of rotatable bonds is 4. The summed E-state index contributed by atoms with van der Waals surface area (Å²) >= 11 is 11.9. The van der Waals surface area contributed by atoms with Crippen molar-refractivity contribution >= 4 is 56.7 Å². The van der Waals surface area contributed by atoms with Gasteiger partial charge in [-0.3, -0.25) is 4.79 Å². The summed E-state index contributed by atoms with van der Waals surface area (Å²) in [5.41, 5.74) is 2.15. The van der Waals surface area contributed by atoms with E-state index in [4.69, 9.17) is 23.2 Å². The van der Waals surface area contributed by atoms with Crippen molar-refractivity contribution in [3.8, 4) is 0 Å². The van der Waals surface area contributed by atoms with E-state index in [1.165, 1.54) is 0 Å². The molecule has 5 nitrogen and oxygen atoms in total. The first kappa shape index (κ1) is 18.8. The minimum atomic E-state index is -1.52. The standard InChI is InChI=1S/C18H17Cl2N3O2S/c1-22(2)18(24)16-10-23(3)17-9-13(4-5-15(16)17)21-26(25)14-7-11(19)6-12(20)8-14/h4-10,21H,1-3H3. The lowest BCUT2D eigenvalue weighted by Crippen LogP contribution is -2.21. The Balaban J connectivity index is 1.93. The number of aryl methyl sites for hydroxylation is 1. The number of nitrogens with one attached hydrogen (secondary N) is 1. The van der Waals surface area contributed by atoms with Crippen molar-refractivity contribution in [3.63, 3.8) is 0 Å². The summed E-state index contributed by atoms with van der Waals surface area (Å²) < 4.78 is 17.4. The monoisotopic (exact) mass is 409 g/mol. The van der Waals surface area contributed by atoms with E-state index in [1.807, 2.05) is 23.7 Å². The van der Waals surface area contributed by atoms with Crippen LogP contribution in [0.1, 0.15) is 10.4 Å². The molecule has 1 aromatic heterocycles. The molecule has 1 amide bonds. The molecule has 0 aliphatic heterocycles. The van der Waals surface area contributed by atoms with E-state index in [1.54, 1.807) is 49.5 Å². The topological polar surface area (TPSA) is 54.3 Å². The van der Waals surface area contributed by atoms with Crippen LogP contribution in [-0.2, 0) is 18.0 Å². The highest BCUT2D eigenvalue weighted by molar-refractivity contribution is 7.86. The summed E-state index contributed by atoms with van der Waals surface area (Å²) in [5.74, 6) is -0.0616. The quantitative estimate of drug-likeness (QED) is 0.697. The molecule has 0 saturated heterocycles. The van der Waals surface area contributed by atoms with Crippen molar-refractivity contribution in [2.45, 2.75) is 4.90 Å². The van der Waals surface area contributed by atoms with E-state index in [0.29, 0.717) is 26.2 Å². The van der Waals surface area contributed by atoms with E-state index in [0.717, 1.165) is 10.9 Å². The molecule has 0 aliphatic carbocycles. The van der Waals surface area contributed by atoms with Gasteiger partial charge >= 0.3 is 0 Å². The molecule has 0 bridgehead atoms. The molecule has 0 spiro atoms. The summed E-state index contributed by atoms with van der Waals surface area (Å²) in [4.78, 5) is 14.3. The molecule has 26 heavy (non-hydrogen) atoms. The SMILES string of the molecule is CN(C)C(=O)c1cn(C)c2cc(NS(=O)c3cc(Cl)cc(Cl)c3)ccc12. The fraction of sp³-hybridized carbons (Fsp3) is 0.167. The maximum absolute atomic E-state index is 12.6. The number of hydrogen-bond donors (Lipinski definition) is 1. The van der Waals surface area contributed by atoms with Gasteiger partial charge in [-0.05, 0) is 36.4 Å². The largest absolute Gasteiger partial charge is 0.350 e. The van der Waals surface area contributed by atoms with Gasteiger partial charge in [0.1, 0.15) is 11.0 Å². The van der Waals surface area contributed by atoms with Crippen LogP contribution in [-0.4, -0.2) is 33.7 Å². The van der Waals surface area contributed by atoms with E-state index in [9.17, 15) is 9.00 Å². The second kappa shape index (κ2) is 7.31. The number of carbonyl (C=O) groups excluding carboxylic acids is 1. The van der Waals surface area contributed by atoms with E-state index >= 15 is 0 Å². The van der Waals surface area contributed by atoms with Gasteiger partial charge in [0.2, 0.25) is 0 Å². The molecule has 3 aromatic rings. The lowest BCUT2D eigenvalue weighted by molar-refractivity contribution is 0.0829. The van der Waals surface area contributed by atoms with Crippen LogP contribution in [0.4, 0.5) is 5.69 Å². The summed E-state index contributed by atoms with van der Waals surface area (Å²) in [6.45, 7) is 0. The second-order valence-electron chi connectivity index (χ2n) is 6.06. The van der Waals surface area contributed by atoms with Crippen molar-refractivity contribution in [1.29, 1.82) is 0 Å². The average Bonchev–Trinajstić information content (AvgIpc) is 2.89. The molecule has 136 valence electrons. The number of halogens is 2. The Kier molecular flexibility index (Phi) is 5.27. The Labute approximate surface area is 164 Å². The van der Waals surface area contributed by atoms with E-state index in [2.05, 4.69) is 4.72 Å². The van der Waals surface area contributed by atoms with Crippen LogP contribution in [0.2, 0.25) is 10.0 Å². The van der Waals surface area contributed by atoms with Crippen LogP contribution in [0, 0.1) is 0 Å². The molecule has 1 N–H and O–H groups in total. The zero-order chi connectivity index (χ0) is 19.0. The predicted molar refractivity (Wildman–Crippen MR) is 107 cm³/mol. The van der Waals surface area contributed by atoms with Gasteiger partial charge in [0.05, 0.1) is 16.0 Å². The zero-order valence-electron chi connectivity index (χ0n) is 14.4. The van der Waals surface area contributed by atoms with Gasteiger partial charge < -0.3 is 14.2 Å². The van der Waals surface area contributed by atoms with Crippen molar-refractivity contribution in [1.82, 2.24) is 9.47 Å². The first-order chi connectivity index (χ1) is 12.3. The molecular weight excluding hydrogens is 393 g/mol. The number of aromatic nitrogens is 1. The molecule has 0 fully saturated rings. The first-order valence-electron chi connectivity index (χ1n) is 7.71. The van der Waals surface area contributed by atoms with Crippen LogP contribution in [0.3, 0.4) is 0 Å². The van der Waals surface area contributed by atoms with Gasteiger partial charge in [-0.25, -0.2) is 4.21 Å². The zero-order valence-corrected chi connectivity index (χ0v) is 16.7. The Morgan fingerprint density at radius 3 is 2.38 bits per heavy atom. The minimum absolute atomic E-state index is 0.0616. The summed E-state index contributed by atoms with van der Waals surface area (Å²) in [6, 6.07) is 10.3. The molecule has 0 aliphatic rings. The Bertz CT molecular complexity index is 1010. The summed E-state index contributed by atoms with van der Waals surface area (Å²) in [6.07, 6.45) is 1.80. The van der Waals surface area contributed by atoms with Crippen molar-refractivity contribution in [3.05, 3.63) is 58.2 Å². The van der Waals surface area contributed by atoms with Crippen molar-refractivity contribution in [2.75, 3.05) is 18.8 Å². The number of anilines is 1. The normalized spacial score (nSPS) is 12.2. The summed E-state index contributed by atoms with van der Waals surface area (Å²) in [5, 5.41) is 1.69. The average molecular weight is 410 g/mol. The first-order valence-corrected chi connectivity index (χ1v) is 9.62. The molecule has 0 radical (unpaired) electrons. The number of carbonyl (C=O) groups is 1. The van der Waals surface area contributed by atoms with Gasteiger partial charge in [-0.15, -0.1) is 0 Å². The van der Waals surface area contributed by atoms with Crippen molar-refractivity contribution < 1.29 is 9.00 Å². The van der Waals surface area contributed by atoms with Gasteiger partial charge in [-0.2, -0.15) is 0 Å². The molecular formula is C18H17Cl2N3O2S. The highest BCUT2D eigenvalue weighted by atomic mass is 35.5. The Hall–Kier alpha value is -2.02. The summed E-state index contributed by atoms with van der Waals surface area (Å²) in [7, 11) is 3.79. The third-order valence-electron chi connectivity index (χ3n) is 3.89. The number of nitrogens with zero attached hydrogens (tertiary/aromatic N) is 2. The van der Waals surface area contributed by atoms with Gasteiger partial charge in [0, 0.05) is 48.5 Å². The van der Waals surface area contributed by atoms with Crippen LogP contribution in [0.15, 0.2) is 47.5 Å². The van der Waals surface area contributed by atoms with Crippen LogP contribution < -0.4 is 4.72 Å². The molecule has 8 heteroatoms. The molecule has 0 saturated carbocycles. The lowest BCUT2D eigenvalue weighted by atomic mass is 10.1. The van der Waals surface area contributed by atoms with Gasteiger partial charge in [0.15, 0.2) is 0 Å². The van der Waals surface area contributed by atoms with E-state index in [-0.39, 0.29) is 5.91 Å². The highest BCUT2D eigenvalue weighted by Crippen LogP contribution is 2.27. The van der Waals surface area contributed by atoms with Gasteiger partial charge in [0.25, 0.3) is 5.91 Å². The van der Waals surface area contributed by atoms with Crippen LogP contribution in [0.5, 0.6) is 0 Å². The van der Waals surface area contributed by atoms with Crippen LogP contribution >= 0.6 is 23.2 Å². The molecule has 1 heterocycles. The number of benzene rings is 2. The maximum atomic E-state index is 12.6. The smallest absolute Gasteiger partial charge is 0.255 e. The highest BCUT2D eigenvalue weighted by Gasteiger charge is 2.16. The fourth-order valence-electron chi connectivity index (χ4n) is 2.66. The predicted octanol–water partition coefficient (Wildman–Crippen LogP) is 4.32. The Morgan fingerprint density at radius 1 is 1.12 bits per heavy atom. The second-order valence-corrected chi connectivity index (χ2v) is 8.15. The number of fused-ring (bicyclic) bond motifs is 1. The third-order valence-corrected chi connectivity index (χ3v) is 5.41. The van der Waals surface area contributed by atoms with Crippen molar-refractivity contribution in [2.24, 2.45) is 7.05 Å². The van der Waals surface area contributed by atoms with Crippen LogP contribution in [0.25, 0.3) is 10.9 Å². The number of hydrogen-bond acceptors (Lipinski definition) is 2. The lowest BCUT2D eigenvalue weighted by Gasteiger charge is -2.09. The molecule has 3 rings (SSSR count). The molecule has 2 aromatic carbocycles. The Morgan fingerprint density at radius 2 is 1.77 bits per heavy atom. The molecule has 1 atom stereocenters.